The highest BCUT2D eigenvalue weighted by Crippen LogP contribution is 2.46. The normalized spacial score (nSPS) is 23.5. The lowest BCUT2D eigenvalue weighted by atomic mass is 9.63. The fourth-order valence-electron chi connectivity index (χ4n) is 4.19. The Bertz CT molecular complexity index is 448. The molecule has 1 saturated carbocycles. The quantitative estimate of drug-likeness (QED) is 0.765. The fourth-order valence-corrected chi connectivity index (χ4v) is 4.39. The number of halogens is 1. The summed E-state index contributed by atoms with van der Waals surface area (Å²) < 4.78 is 0. The summed E-state index contributed by atoms with van der Waals surface area (Å²) in [5, 5.41) is 4.63. The smallest absolute Gasteiger partial charge is 0.0409 e. The van der Waals surface area contributed by atoms with Gasteiger partial charge >= 0.3 is 0 Å². The van der Waals surface area contributed by atoms with Crippen molar-refractivity contribution in [3.8, 4) is 0 Å². The van der Waals surface area contributed by atoms with Gasteiger partial charge in [0, 0.05) is 17.1 Å². The third-order valence-corrected chi connectivity index (χ3v) is 4.62. The molecule has 112 valence electrons. The molecule has 1 aliphatic rings. The van der Waals surface area contributed by atoms with Gasteiger partial charge in [0.05, 0.1) is 0 Å². The Morgan fingerprint density at radius 3 is 2.30 bits per heavy atom. The van der Waals surface area contributed by atoms with Crippen molar-refractivity contribution in [1.29, 1.82) is 0 Å². The van der Waals surface area contributed by atoms with Gasteiger partial charge in [-0.25, -0.2) is 0 Å². The van der Waals surface area contributed by atoms with E-state index in [4.69, 9.17) is 11.6 Å². The highest BCUT2D eigenvalue weighted by molar-refractivity contribution is 6.30. The Hall–Kier alpha value is -0.530. The van der Waals surface area contributed by atoms with E-state index in [-0.39, 0.29) is 0 Å². The summed E-state index contributed by atoms with van der Waals surface area (Å²) in [6, 6.07) is 9.13. The van der Waals surface area contributed by atoms with Crippen molar-refractivity contribution >= 4 is 11.6 Å². The van der Waals surface area contributed by atoms with E-state index < -0.39 is 0 Å². The van der Waals surface area contributed by atoms with Crippen LogP contribution in [0.4, 0.5) is 0 Å². The molecule has 1 aromatic carbocycles. The van der Waals surface area contributed by atoms with E-state index in [0.717, 1.165) is 5.02 Å². The molecule has 0 saturated heterocycles. The van der Waals surface area contributed by atoms with Gasteiger partial charge in [0.25, 0.3) is 0 Å². The van der Waals surface area contributed by atoms with Gasteiger partial charge < -0.3 is 5.32 Å². The maximum absolute atomic E-state index is 6.09. The van der Waals surface area contributed by atoms with Crippen LogP contribution < -0.4 is 5.32 Å². The van der Waals surface area contributed by atoms with E-state index in [1.165, 1.54) is 24.8 Å². The minimum Gasteiger partial charge on any atom is -0.307 e. The van der Waals surface area contributed by atoms with Gasteiger partial charge in [-0.2, -0.15) is 0 Å². The molecule has 0 aliphatic heterocycles. The molecule has 1 unspecified atom stereocenters. The molecular weight excluding hydrogens is 266 g/mol. The van der Waals surface area contributed by atoms with Crippen molar-refractivity contribution < 1.29 is 0 Å². The standard InChI is InChI=1S/C18H28ClN/c1-13(14-7-6-8-15(19)9-14)20-16-10-17(2,3)12-18(4,5)11-16/h6-9,13,16,20H,10-12H2,1-5H3. The summed E-state index contributed by atoms with van der Waals surface area (Å²) in [5.41, 5.74) is 2.12. The topological polar surface area (TPSA) is 12.0 Å². The van der Waals surface area contributed by atoms with Gasteiger partial charge in [0.2, 0.25) is 0 Å². The van der Waals surface area contributed by atoms with Crippen molar-refractivity contribution in [2.75, 3.05) is 0 Å². The minimum atomic E-state index is 0.350. The second-order valence-corrected chi connectivity index (χ2v) is 8.49. The molecule has 0 aromatic heterocycles. The zero-order valence-electron chi connectivity index (χ0n) is 13.5. The molecule has 1 fully saturated rings. The van der Waals surface area contributed by atoms with Crippen LogP contribution in [0.1, 0.15) is 65.5 Å². The van der Waals surface area contributed by atoms with Crippen LogP contribution in [-0.2, 0) is 0 Å². The Morgan fingerprint density at radius 2 is 1.75 bits per heavy atom. The molecule has 1 aromatic rings. The number of rotatable bonds is 3. The highest BCUT2D eigenvalue weighted by Gasteiger charge is 2.38. The molecule has 0 radical (unpaired) electrons. The summed E-state index contributed by atoms with van der Waals surface area (Å²) in [7, 11) is 0. The van der Waals surface area contributed by atoms with E-state index in [1.807, 2.05) is 12.1 Å². The molecule has 0 heterocycles. The van der Waals surface area contributed by atoms with Crippen molar-refractivity contribution in [2.24, 2.45) is 10.8 Å². The average molecular weight is 294 g/mol. The predicted molar refractivity (Wildman–Crippen MR) is 88.2 cm³/mol. The molecule has 1 N–H and O–H groups in total. The molecule has 20 heavy (non-hydrogen) atoms. The number of nitrogens with one attached hydrogen (secondary N) is 1. The van der Waals surface area contributed by atoms with Gasteiger partial charge in [0.1, 0.15) is 0 Å². The summed E-state index contributed by atoms with van der Waals surface area (Å²) in [5.74, 6) is 0. The lowest BCUT2D eigenvalue weighted by Crippen LogP contribution is -2.44. The largest absolute Gasteiger partial charge is 0.307 e. The molecule has 0 spiro atoms. The Morgan fingerprint density at radius 1 is 1.15 bits per heavy atom. The van der Waals surface area contributed by atoms with Crippen LogP contribution in [0.2, 0.25) is 5.02 Å². The minimum absolute atomic E-state index is 0.350. The van der Waals surface area contributed by atoms with Crippen LogP contribution in [0, 0.1) is 10.8 Å². The van der Waals surface area contributed by atoms with E-state index in [0.29, 0.717) is 22.9 Å². The first-order chi connectivity index (χ1) is 9.17. The summed E-state index contributed by atoms with van der Waals surface area (Å²) in [6.07, 6.45) is 3.81. The summed E-state index contributed by atoms with van der Waals surface area (Å²) in [6.45, 7) is 11.8. The number of hydrogen-bond donors (Lipinski definition) is 1. The summed E-state index contributed by atoms with van der Waals surface area (Å²) in [4.78, 5) is 0. The van der Waals surface area contributed by atoms with E-state index in [1.54, 1.807) is 0 Å². The van der Waals surface area contributed by atoms with Gasteiger partial charge in [-0.1, -0.05) is 51.4 Å². The molecule has 2 rings (SSSR count). The second kappa shape index (κ2) is 5.69. The van der Waals surface area contributed by atoms with Crippen LogP contribution in [0.15, 0.2) is 24.3 Å². The predicted octanol–water partition coefficient (Wildman–Crippen LogP) is 5.60. The van der Waals surface area contributed by atoms with Crippen LogP contribution >= 0.6 is 11.6 Å². The molecule has 1 atom stereocenters. The van der Waals surface area contributed by atoms with Crippen LogP contribution in [0.3, 0.4) is 0 Å². The average Bonchev–Trinajstić information content (AvgIpc) is 2.24. The monoisotopic (exact) mass is 293 g/mol. The Labute approximate surface area is 129 Å². The molecule has 2 heteroatoms. The van der Waals surface area contributed by atoms with Gasteiger partial charge in [-0.15, -0.1) is 0 Å². The summed E-state index contributed by atoms with van der Waals surface area (Å²) >= 11 is 6.09. The fraction of sp³-hybridized carbons (Fsp3) is 0.667. The first kappa shape index (κ1) is 15.9. The van der Waals surface area contributed by atoms with E-state index in [2.05, 4.69) is 52.1 Å². The van der Waals surface area contributed by atoms with E-state index >= 15 is 0 Å². The van der Waals surface area contributed by atoms with Crippen molar-refractivity contribution in [2.45, 2.75) is 66.0 Å². The SMILES string of the molecule is CC(NC1CC(C)(C)CC(C)(C)C1)c1cccc(Cl)c1. The number of benzene rings is 1. The maximum atomic E-state index is 6.09. The lowest BCUT2D eigenvalue weighted by Gasteiger charge is -2.46. The van der Waals surface area contributed by atoms with Crippen LogP contribution in [0.25, 0.3) is 0 Å². The molecule has 0 amide bonds. The Kier molecular flexibility index (Phi) is 4.51. The zero-order valence-corrected chi connectivity index (χ0v) is 14.2. The van der Waals surface area contributed by atoms with Gasteiger partial charge in [-0.05, 0) is 54.7 Å². The maximum Gasteiger partial charge on any atom is 0.0409 e. The first-order valence-corrected chi connectivity index (χ1v) is 8.06. The molecular formula is C18H28ClN. The van der Waals surface area contributed by atoms with Crippen molar-refractivity contribution in [1.82, 2.24) is 5.32 Å². The second-order valence-electron chi connectivity index (χ2n) is 8.05. The van der Waals surface area contributed by atoms with Crippen LogP contribution in [-0.4, -0.2) is 6.04 Å². The van der Waals surface area contributed by atoms with Crippen molar-refractivity contribution in [3.05, 3.63) is 34.9 Å². The third-order valence-electron chi connectivity index (χ3n) is 4.39. The molecule has 0 bridgehead atoms. The first-order valence-electron chi connectivity index (χ1n) is 7.68. The van der Waals surface area contributed by atoms with Crippen molar-refractivity contribution in [3.63, 3.8) is 0 Å². The highest BCUT2D eigenvalue weighted by atomic mass is 35.5. The van der Waals surface area contributed by atoms with Gasteiger partial charge in [0.15, 0.2) is 0 Å². The Balaban J connectivity index is 2.05. The number of hydrogen-bond acceptors (Lipinski definition) is 1. The molecule has 1 aliphatic carbocycles. The third kappa shape index (κ3) is 4.23. The zero-order chi connectivity index (χ0) is 15.0. The molecule has 1 nitrogen and oxygen atoms in total. The van der Waals surface area contributed by atoms with E-state index in [9.17, 15) is 0 Å². The van der Waals surface area contributed by atoms with Gasteiger partial charge in [-0.3, -0.25) is 0 Å². The lowest BCUT2D eigenvalue weighted by molar-refractivity contribution is 0.0811. The van der Waals surface area contributed by atoms with Crippen LogP contribution in [0.5, 0.6) is 0 Å².